The Balaban J connectivity index is 2.22. The van der Waals surface area contributed by atoms with Gasteiger partial charge < -0.3 is 0 Å². The van der Waals surface area contributed by atoms with Crippen molar-refractivity contribution in [1.82, 2.24) is 15.0 Å². The minimum atomic E-state index is 0.907. The van der Waals surface area contributed by atoms with Gasteiger partial charge in [-0.2, -0.15) is 0 Å². The molecule has 25 heavy (non-hydrogen) atoms. The molecule has 0 saturated carbocycles. The van der Waals surface area contributed by atoms with Crippen molar-refractivity contribution in [3.63, 3.8) is 0 Å². The van der Waals surface area contributed by atoms with Gasteiger partial charge in [-0.25, -0.2) is 9.97 Å². The normalized spacial score (nSPS) is 13.1. The van der Waals surface area contributed by atoms with Crippen LogP contribution in [0.1, 0.15) is 35.7 Å². The molecule has 0 aliphatic carbocycles. The summed E-state index contributed by atoms with van der Waals surface area (Å²) in [6, 6.07) is 4.23. The average Bonchev–Trinajstić information content (AvgIpc) is 3.05. The van der Waals surface area contributed by atoms with Crippen molar-refractivity contribution >= 4 is 38.8 Å². The number of aliphatic imine (C=N–C) groups is 1. The Morgan fingerprint density at radius 3 is 2.72 bits per heavy atom. The van der Waals surface area contributed by atoms with Crippen molar-refractivity contribution in [2.45, 2.75) is 20.8 Å². The summed E-state index contributed by atoms with van der Waals surface area (Å²) in [6.45, 7) is 6.07. The second-order valence-electron chi connectivity index (χ2n) is 5.54. The molecular formula is C20H20N4S. The Labute approximate surface area is 151 Å². The van der Waals surface area contributed by atoms with Gasteiger partial charge in [-0.05, 0) is 38.5 Å². The molecule has 0 amide bonds. The van der Waals surface area contributed by atoms with Gasteiger partial charge in [0, 0.05) is 57.4 Å². The van der Waals surface area contributed by atoms with E-state index in [2.05, 4.69) is 39.0 Å². The maximum absolute atomic E-state index is 4.56. The van der Waals surface area contributed by atoms with Crippen molar-refractivity contribution in [1.29, 1.82) is 0 Å². The van der Waals surface area contributed by atoms with Gasteiger partial charge in [0.25, 0.3) is 0 Å². The van der Waals surface area contributed by atoms with E-state index in [1.54, 1.807) is 24.7 Å². The first-order valence-electron chi connectivity index (χ1n) is 8.10. The lowest BCUT2D eigenvalue weighted by Gasteiger charge is -2.13. The Kier molecular flexibility index (Phi) is 5.14. The van der Waals surface area contributed by atoms with Crippen LogP contribution in [0.4, 0.5) is 0 Å². The molecule has 5 heteroatoms. The van der Waals surface area contributed by atoms with E-state index in [1.807, 2.05) is 44.6 Å². The second-order valence-corrected chi connectivity index (χ2v) is 6.62. The molecule has 3 aromatic rings. The smallest absolute Gasteiger partial charge is 0.116 e. The molecule has 0 saturated heterocycles. The molecule has 0 bridgehead atoms. The molecule has 0 atom stereocenters. The lowest BCUT2D eigenvalue weighted by Crippen LogP contribution is -2.03. The predicted molar refractivity (Wildman–Crippen MR) is 107 cm³/mol. The molecule has 4 nitrogen and oxygen atoms in total. The number of hydrogen-bond donors (Lipinski definition) is 0. The first-order chi connectivity index (χ1) is 12.2. The number of aromatic nitrogens is 3. The van der Waals surface area contributed by atoms with Crippen LogP contribution in [-0.2, 0) is 0 Å². The molecule has 0 aliphatic heterocycles. The number of fused-ring (bicyclic) bond motifs is 1. The summed E-state index contributed by atoms with van der Waals surface area (Å²) in [5.41, 5.74) is 5.04. The third kappa shape index (κ3) is 3.28. The quantitative estimate of drug-likeness (QED) is 0.627. The molecule has 0 fully saturated rings. The number of nitrogens with zero attached hydrogens (tertiary/aromatic N) is 4. The fourth-order valence-electron chi connectivity index (χ4n) is 2.85. The Morgan fingerprint density at radius 2 is 2.04 bits per heavy atom. The van der Waals surface area contributed by atoms with Crippen LogP contribution in [0.25, 0.3) is 21.2 Å². The number of aryl methyl sites for hydroxylation is 1. The molecule has 0 aromatic carbocycles. The van der Waals surface area contributed by atoms with Gasteiger partial charge in [0.15, 0.2) is 0 Å². The van der Waals surface area contributed by atoms with E-state index in [1.165, 1.54) is 9.58 Å². The van der Waals surface area contributed by atoms with Crippen LogP contribution < -0.4 is 0 Å². The Morgan fingerprint density at radius 1 is 1.20 bits per heavy atom. The highest BCUT2D eigenvalue weighted by atomic mass is 32.1. The van der Waals surface area contributed by atoms with E-state index in [4.69, 9.17) is 0 Å². The summed E-state index contributed by atoms with van der Waals surface area (Å²) >= 11 is 1.76. The number of pyridine rings is 1. The van der Waals surface area contributed by atoms with E-state index in [0.29, 0.717) is 0 Å². The molecule has 0 N–H and O–H groups in total. The minimum absolute atomic E-state index is 0.907. The summed E-state index contributed by atoms with van der Waals surface area (Å²) < 4.78 is 1.22. The van der Waals surface area contributed by atoms with Crippen LogP contribution in [0, 0.1) is 6.92 Å². The standard InChI is InChI=1S/C20H20N4S/c1-5-14(10-21-4)20-19(13(3)23-12-24-20)16(6-2)18-9-15-11-22-8-7-17(15)25-18/h5-12H,1-4H3/b14-5+,16-6-,21-10?. The van der Waals surface area contributed by atoms with Crippen LogP contribution in [-0.4, -0.2) is 28.2 Å². The summed E-state index contributed by atoms with van der Waals surface area (Å²) in [7, 11) is 1.77. The molecule has 3 aromatic heterocycles. The molecular weight excluding hydrogens is 328 g/mol. The average molecular weight is 348 g/mol. The van der Waals surface area contributed by atoms with Crippen molar-refractivity contribution in [3.8, 4) is 0 Å². The summed E-state index contributed by atoms with van der Waals surface area (Å²) in [6.07, 6.45) is 11.3. The monoisotopic (exact) mass is 348 g/mol. The van der Waals surface area contributed by atoms with Gasteiger partial charge >= 0.3 is 0 Å². The zero-order valence-corrected chi connectivity index (χ0v) is 15.6. The molecule has 126 valence electrons. The van der Waals surface area contributed by atoms with Crippen LogP contribution in [0.15, 0.2) is 48.0 Å². The van der Waals surface area contributed by atoms with Gasteiger partial charge in [0.05, 0.1) is 5.69 Å². The van der Waals surface area contributed by atoms with E-state index in [0.717, 1.165) is 33.5 Å². The van der Waals surface area contributed by atoms with Crippen LogP contribution in [0.3, 0.4) is 0 Å². The maximum Gasteiger partial charge on any atom is 0.116 e. The molecule has 3 rings (SSSR count). The SMILES string of the molecule is C/C=C(\C=NC)c1ncnc(C)c1/C(=C\C)c1cc2cnccc2s1. The molecule has 0 spiro atoms. The van der Waals surface area contributed by atoms with Gasteiger partial charge in [-0.1, -0.05) is 12.2 Å². The van der Waals surface area contributed by atoms with Crippen LogP contribution >= 0.6 is 11.3 Å². The zero-order valence-electron chi connectivity index (χ0n) is 14.8. The Hall–Kier alpha value is -2.66. The first kappa shape index (κ1) is 17.2. The van der Waals surface area contributed by atoms with Crippen molar-refractivity contribution in [2.75, 3.05) is 7.05 Å². The van der Waals surface area contributed by atoms with Gasteiger partial charge in [-0.3, -0.25) is 9.98 Å². The molecule has 0 aliphatic rings. The van der Waals surface area contributed by atoms with E-state index >= 15 is 0 Å². The van der Waals surface area contributed by atoms with Gasteiger partial charge in [-0.15, -0.1) is 11.3 Å². The van der Waals surface area contributed by atoms with Crippen LogP contribution in [0.5, 0.6) is 0 Å². The highest BCUT2D eigenvalue weighted by molar-refractivity contribution is 7.20. The van der Waals surface area contributed by atoms with Crippen molar-refractivity contribution in [2.24, 2.45) is 4.99 Å². The Bertz CT molecular complexity index is 963. The first-order valence-corrected chi connectivity index (χ1v) is 8.92. The van der Waals surface area contributed by atoms with E-state index < -0.39 is 0 Å². The number of allylic oxidation sites excluding steroid dienone is 3. The summed E-state index contributed by atoms with van der Waals surface area (Å²) in [4.78, 5) is 18.6. The third-order valence-electron chi connectivity index (χ3n) is 4.03. The summed E-state index contributed by atoms with van der Waals surface area (Å²) in [5.74, 6) is 0. The topological polar surface area (TPSA) is 51.0 Å². The number of rotatable bonds is 4. The lowest BCUT2D eigenvalue weighted by molar-refractivity contribution is 1.07. The molecule has 3 heterocycles. The van der Waals surface area contributed by atoms with E-state index in [-0.39, 0.29) is 0 Å². The zero-order chi connectivity index (χ0) is 17.8. The number of thiophene rings is 1. The third-order valence-corrected chi connectivity index (χ3v) is 5.18. The summed E-state index contributed by atoms with van der Waals surface area (Å²) in [5, 5.41) is 1.15. The molecule has 0 unspecified atom stereocenters. The fraction of sp³-hybridized carbons (Fsp3) is 0.200. The minimum Gasteiger partial charge on any atom is -0.296 e. The predicted octanol–water partition coefficient (Wildman–Crippen LogP) is 4.95. The van der Waals surface area contributed by atoms with Gasteiger partial charge in [0.1, 0.15) is 6.33 Å². The highest BCUT2D eigenvalue weighted by Gasteiger charge is 2.18. The fourth-order valence-corrected chi connectivity index (χ4v) is 3.96. The van der Waals surface area contributed by atoms with Crippen molar-refractivity contribution < 1.29 is 0 Å². The maximum atomic E-state index is 4.56. The lowest BCUT2D eigenvalue weighted by atomic mass is 9.96. The number of hydrogen-bond acceptors (Lipinski definition) is 5. The second kappa shape index (κ2) is 7.49. The van der Waals surface area contributed by atoms with Gasteiger partial charge in [0.2, 0.25) is 0 Å². The molecule has 0 radical (unpaired) electrons. The van der Waals surface area contributed by atoms with E-state index in [9.17, 15) is 0 Å². The largest absolute Gasteiger partial charge is 0.296 e. The van der Waals surface area contributed by atoms with Crippen molar-refractivity contribution in [3.05, 3.63) is 64.8 Å². The van der Waals surface area contributed by atoms with Crippen LogP contribution in [0.2, 0.25) is 0 Å². The highest BCUT2D eigenvalue weighted by Crippen LogP contribution is 2.36.